The van der Waals surface area contributed by atoms with Gasteiger partial charge in [-0.25, -0.2) is 0 Å². The highest BCUT2D eigenvalue weighted by atomic mass is 35.5. The molecule has 2 atom stereocenters. The van der Waals surface area contributed by atoms with Crippen LogP contribution in [0.5, 0.6) is 0 Å². The van der Waals surface area contributed by atoms with Crippen LogP contribution in [0.3, 0.4) is 0 Å². The number of nitrogens with zero attached hydrogens (tertiary/aromatic N) is 2. The zero-order valence-electron chi connectivity index (χ0n) is 33.6. The average Bonchev–Trinajstić information content (AvgIpc) is 3.75. The van der Waals surface area contributed by atoms with E-state index in [1.807, 2.05) is 42.5 Å². The van der Waals surface area contributed by atoms with Crippen LogP contribution < -0.4 is 21.3 Å². The van der Waals surface area contributed by atoms with Gasteiger partial charge in [0.1, 0.15) is 12.1 Å². The molecule has 4 N–H and O–H groups in total. The van der Waals surface area contributed by atoms with Crippen molar-refractivity contribution < 1.29 is 38.4 Å². The molecule has 8 rings (SSSR count). The maximum Gasteiger partial charge on any atom is 0.255 e. The van der Waals surface area contributed by atoms with E-state index in [1.165, 1.54) is 9.80 Å². The van der Waals surface area contributed by atoms with Crippen molar-refractivity contribution in [3.8, 4) is 0 Å². The number of fused-ring (bicyclic) bond motifs is 2. The summed E-state index contributed by atoms with van der Waals surface area (Å²) in [7, 11) is 0. The molecule has 320 valence electrons. The SMILES string of the molecule is CCSc1ccc(C(=O)NCc2ccc3c(c2)CN(C2CCC(=O)NC2=O)C3=O)cc1.O=C(Cc1ccc(Cl)c(Cl)c1)NCc1ccc2c(c1)CN(C1CCC(=O)NC1=O)C2=O. The summed E-state index contributed by atoms with van der Waals surface area (Å²) in [6.07, 6.45) is 1.27. The van der Waals surface area contributed by atoms with Crippen LogP contribution in [-0.2, 0) is 56.6 Å². The van der Waals surface area contributed by atoms with Crippen molar-refractivity contribution in [2.45, 2.75) is 82.2 Å². The number of hydrogen-bond acceptors (Lipinski definition) is 9. The highest BCUT2D eigenvalue weighted by Gasteiger charge is 2.40. The Labute approximate surface area is 371 Å². The molecule has 4 heterocycles. The first-order chi connectivity index (χ1) is 29.8. The Kier molecular flexibility index (Phi) is 13.7. The Morgan fingerprint density at radius 2 is 1.18 bits per heavy atom. The summed E-state index contributed by atoms with van der Waals surface area (Å²) in [6, 6.07) is 22.1. The molecule has 0 bridgehead atoms. The molecular weight excluding hydrogens is 856 g/mol. The summed E-state index contributed by atoms with van der Waals surface area (Å²) < 4.78 is 0. The molecule has 2 fully saturated rings. The number of amides is 8. The molecule has 0 aromatic heterocycles. The van der Waals surface area contributed by atoms with Gasteiger partial charge in [0.05, 0.1) is 16.5 Å². The van der Waals surface area contributed by atoms with Crippen LogP contribution in [-0.4, -0.2) is 74.9 Å². The van der Waals surface area contributed by atoms with Crippen molar-refractivity contribution in [1.29, 1.82) is 0 Å². The summed E-state index contributed by atoms with van der Waals surface area (Å²) in [5, 5.41) is 11.2. The van der Waals surface area contributed by atoms with Crippen LogP contribution in [0.25, 0.3) is 0 Å². The van der Waals surface area contributed by atoms with Gasteiger partial charge in [-0.1, -0.05) is 60.5 Å². The molecule has 14 nitrogen and oxygen atoms in total. The molecule has 0 saturated carbocycles. The maximum atomic E-state index is 12.7. The summed E-state index contributed by atoms with van der Waals surface area (Å²) in [4.78, 5) is 101. The van der Waals surface area contributed by atoms with Gasteiger partial charge in [0, 0.05) is 60.6 Å². The first-order valence-electron chi connectivity index (χ1n) is 20.0. The Hall–Kier alpha value is -6.03. The monoisotopic (exact) mass is 896 g/mol. The molecular formula is C45H42Cl2N6O8S. The molecule has 0 spiro atoms. The van der Waals surface area contributed by atoms with Crippen molar-refractivity contribution in [2.75, 3.05) is 5.75 Å². The lowest BCUT2D eigenvalue weighted by molar-refractivity contribution is -0.138. The smallest absolute Gasteiger partial charge is 0.255 e. The number of carbonyl (C=O) groups is 8. The van der Waals surface area contributed by atoms with E-state index in [0.717, 1.165) is 38.5 Å². The zero-order chi connectivity index (χ0) is 44.1. The van der Waals surface area contributed by atoms with Gasteiger partial charge in [-0.2, -0.15) is 0 Å². The third-order valence-corrected chi connectivity index (χ3v) is 12.5. The van der Waals surface area contributed by atoms with Crippen LogP contribution in [0.1, 0.15) is 91.5 Å². The molecule has 0 radical (unpaired) electrons. The van der Waals surface area contributed by atoms with Gasteiger partial charge in [-0.15, -0.1) is 11.8 Å². The van der Waals surface area contributed by atoms with Crippen molar-refractivity contribution in [3.63, 3.8) is 0 Å². The fourth-order valence-electron chi connectivity index (χ4n) is 7.73. The second kappa shape index (κ2) is 19.3. The highest BCUT2D eigenvalue weighted by molar-refractivity contribution is 7.99. The zero-order valence-corrected chi connectivity index (χ0v) is 35.9. The number of carbonyl (C=O) groups excluding carboxylic acids is 8. The number of benzene rings is 4. The lowest BCUT2D eigenvalue weighted by atomic mass is 10.0. The normalized spacial score (nSPS) is 18.0. The standard InChI is InChI=1S/C23H23N3O4S.C22H19Cl2N3O4/c1-2-31-17-6-4-15(5-7-17)21(28)24-12-14-3-8-18-16(11-14)13-26(23(18)30)19-9-10-20(27)25-22(19)29;23-16-4-2-12(8-17(16)24)9-20(29)25-10-13-1-3-15-14(7-13)11-27(22(15)31)18-5-6-19(28)26-21(18)30/h3-8,11,19H,2,9-10,12-13H2,1H3,(H,24,28)(H,25,27,29);1-4,7-8,18H,5-6,9-11H2,(H,25,29)(H,26,28,30). The van der Waals surface area contributed by atoms with E-state index >= 15 is 0 Å². The summed E-state index contributed by atoms with van der Waals surface area (Å²) >= 11 is 13.6. The third kappa shape index (κ3) is 10.2. The maximum absolute atomic E-state index is 12.7. The topological polar surface area (TPSA) is 191 Å². The largest absolute Gasteiger partial charge is 0.352 e. The van der Waals surface area contributed by atoms with Crippen molar-refractivity contribution in [2.24, 2.45) is 0 Å². The summed E-state index contributed by atoms with van der Waals surface area (Å²) in [5.74, 6) is -1.25. The van der Waals surface area contributed by atoms with E-state index in [-0.39, 0.29) is 54.7 Å². The third-order valence-electron chi connectivity index (χ3n) is 10.9. The second-order valence-electron chi connectivity index (χ2n) is 15.1. The lowest BCUT2D eigenvalue weighted by Gasteiger charge is -2.29. The van der Waals surface area contributed by atoms with E-state index in [9.17, 15) is 38.4 Å². The van der Waals surface area contributed by atoms with Crippen LogP contribution >= 0.6 is 35.0 Å². The molecule has 4 aromatic rings. The Morgan fingerprint density at radius 3 is 1.68 bits per heavy atom. The molecule has 2 unspecified atom stereocenters. The predicted molar refractivity (Wildman–Crippen MR) is 231 cm³/mol. The number of piperidine rings is 2. The van der Waals surface area contributed by atoms with Gasteiger partial charge in [-0.05, 0) is 94.9 Å². The quantitative estimate of drug-likeness (QED) is 0.117. The Balaban J connectivity index is 0.000000186. The van der Waals surface area contributed by atoms with Gasteiger partial charge in [0.15, 0.2) is 0 Å². The second-order valence-corrected chi connectivity index (χ2v) is 17.3. The van der Waals surface area contributed by atoms with E-state index in [2.05, 4.69) is 28.2 Å². The van der Waals surface area contributed by atoms with Gasteiger partial charge in [0.25, 0.3) is 17.7 Å². The minimum Gasteiger partial charge on any atom is -0.352 e. The van der Waals surface area contributed by atoms with Gasteiger partial charge < -0.3 is 20.4 Å². The van der Waals surface area contributed by atoms with Gasteiger partial charge >= 0.3 is 0 Å². The number of imide groups is 2. The number of halogens is 2. The molecule has 4 aliphatic heterocycles. The average molecular weight is 898 g/mol. The minimum absolute atomic E-state index is 0.158. The van der Waals surface area contributed by atoms with Crippen LogP contribution in [0, 0.1) is 0 Å². The summed E-state index contributed by atoms with van der Waals surface area (Å²) in [5.41, 5.74) is 5.79. The molecule has 8 amide bonds. The molecule has 2 saturated heterocycles. The molecule has 0 aliphatic carbocycles. The Morgan fingerprint density at radius 1 is 0.661 bits per heavy atom. The fourth-order valence-corrected chi connectivity index (χ4v) is 8.71. The van der Waals surface area contributed by atoms with Crippen LogP contribution in [0.2, 0.25) is 10.0 Å². The molecule has 4 aromatic carbocycles. The molecule has 4 aliphatic rings. The lowest BCUT2D eigenvalue weighted by Crippen LogP contribution is -2.52. The van der Waals surface area contributed by atoms with Gasteiger partial charge in [-0.3, -0.25) is 49.0 Å². The number of nitrogens with one attached hydrogen (secondary N) is 4. The number of hydrogen-bond donors (Lipinski definition) is 4. The summed E-state index contributed by atoms with van der Waals surface area (Å²) in [6.45, 7) is 3.34. The first kappa shape index (κ1) is 44.0. The highest BCUT2D eigenvalue weighted by Crippen LogP contribution is 2.30. The Bertz CT molecular complexity index is 2500. The number of thioether (sulfide) groups is 1. The van der Waals surface area contributed by atoms with Crippen molar-refractivity contribution >= 4 is 82.2 Å². The fraction of sp³-hybridized carbons (Fsp3) is 0.289. The van der Waals surface area contributed by atoms with E-state index < -0.39 is 23.9 Å². The minimum atomic E-state index is -0.646. The molecule has 62 heavy (non-hydrogen) atoms. The van der Waals surface area contributed by atoms with Gasteiger partial charge in [0.2, 0.25) is 29.5 Å². The van der Waals surface area contributed by atoms with Crippen molar-refractivity contribution in [3.05, 3.63) is 133 Å². The first-order valence-corrected chi connectivity index (χ1v) is 21.8. The van der Waals surface area contributed by atoms with E-state index in [1.54, 1.807) is 48.2 Å². The predicted octanol–water partition coefficient (Wildman–Crippen LogP) is 5.10. The van der Waals surface area contributed by atoms with E-state index in [4.69, 9.17) is 23.2 Å². The number of rotatable bonds is 11. The molecule has 17 heteroatoms. The van der Waals surface area contributed by atoms with Crippen molar-refractivity contribution in [1.82, 2.24) is 31.1 Å². The van der Waals surface area contributed by atoms with Crippen LogP contribution in [0.4, 0.5) is 0 Å². The van der Waals surface area contributed by atoms with E-state index in [0.29, 0.717) is 65.8 Å². The van der Waals surface area contributed by atoms with Crippen LogP contribution in [0.15, 0.2) is 83.8 Å².